The molecular weight excluding hydrogens is 325 g/mol. The van der Waals surface area contributed by atoms with Gasteiger partial charge >= 0.3 is 12.1 Å². The number of halogens is 3. The van der Waals surface area contributed by atoms with Crippen molar-refractivity contribution in [1.82, 2.24) is 10.3 Å². The standard InChI is InChI=1S/C14H16N2O.C2HF3O2/c17-14-4-3-11-1-2-12(9-13(11)16-14)10-5-7-15-8-6-10;3-2(4,5)1(6)7/h1-4,9-10,15H,5-8H2,(H,16,17);(H,6,7). The number of aromatic nitrogens is 1. The number of carboxylic acid groups (broad SMARTS) is 1. The smallest absolute Gasteiger partial charge is 0.475 e. The topological polar surface area (TPSA) is 82.2 Å². The second kappa shape index (κ2) is 7.48. The zero-order valence-corrected chi connectivity index (χ0v) is 12.7. The van der Waals surface area contributed by atoms with Crippen LogP contribution < -0.4 is 10.9 Å². The van der Waals surface area contributed by atoms with Crippen LogP contribution in [-0.2, 0) is 4.79 Å². The lowest BCUT2D eigenvalue weighted by molar-refractivity contribution is -0.192. The molecule has 0 saturated carbocycles. The number of hydrogen-bond acceptors (Lipinski definition) is 3. The summed E-state index contributed by atoms with van der Waals surface area (Å²) >= 11 is 0. The summed E-state index contributed by atoms with van der Waals surface area (Å²) in [5, 5.41) is 11.6. The molecule has 0 unspecified atom stereocenters. The summed E-state index contributed by atoms with van der Waals surface area (Å²) in [7, 11) is 0. The molecule has 0 radical (unpaired) electrons. The van der Waals surface area contributed by atoms with E-state index in [-0.39, 0.29) is 5.56 Å². The van der Waals surface area contributed by atoms with Gasteiger partial charge in [0, 0.05) is 11.6 Å². The molecule has 130 valence electrons. The van der Waals surface area contributed by atoms with E-state index in [2.05, 4.69) is 28.5 Å². The predicted molar refractivity (Wildman–Crippen MR) is 83.1 cm³/mol. The number of fused-ring (bicyclic) bond motifs is 1. The third kappa shape index (κ3) is 4.82. The van der Waals surface area contributed by atoms with Crippen LogP contribution in [0.2, 0.25) is 0 Å². The lowest BCUT2D eigenvalue weighted by atomic mass is 9.90. The van der Waals surface area contributed by atoms with Crippen molar-refractivity contribution < 1.29 is 23.1 Å². The first-order chi connectivity index (χ1) is 11.3. The molecule has 8 heteroatoms. The number of pyridine rings is 1. The molecule has 1 fully saturated rings. The monoisotopic (exact) mass is 342 g/mol. The van der Waals surface area contributed by atoms with E-state index in [1.807, 2.05) is 6.07 Å². The van der Waals surface area contributed by atoms with Crippen LogP contribution in [-0.4, -0.2) is 35.3 Å². The highest BCUT2D eigenvalue weighted by Gasteiger charge is 2.38. The average molecular weight is 342 g/mol. The highest BCUT2D eigenvalue weighted by atomic mass is 19.4. The Labute approximate surface area is 135 Å². The van der Waals surface area contributed by atoms with Gasteiger partial charge in [0.2, 0.25) is 5.56 Å². The first-order valence-electron chi connectivity index (χ1n) is 7.41. The number of piperidine rings is 1. The van der Waals surface area contributed by atoms with Crippen molar-refractivity contribution in [3.05, 3.63) is 46.2 Å². The molecule has 0 amide bonds. The van der Waals surface area contributed by atoms with Gasteiger partial charge in [0.05, 0.1) is 0 Å². The normalized spacial score (nSPS) is 15.6. The van der Waals surface area contributed by atoms with Gasteiger partial charge in [-0.1, -0.05) is 12.1 Å². The maximum atomic E-state index is 11.3. The summed E-state index contributed by atoms with van der Waals surface area (Å²) in [5.41, 5.74) is 2.27. The number of hydrogen-bond donors (Lipinski definition) is 3. The Morgan fingerprint density at radius 3 is 2.29 bits per heavy atom. The van der Waals surface area contributed by atoms with Crippen molar-refractivity contribution in [2.24, 2.45) is 0 Å². The molecule has 0 aliphatic carbocycles. The van der Waals surface area contributed by atoms with Crippen molar-refractivity contribution in [2.75, 3.05) is 13.1 Å². The number of H-pyrrole nitrogens is 1. The third-order valence-electron chi connectivity index (χ3n) is 3.80. The van der Waals surface area contributed by atoms with Crippen LogP contribution in [0.4, 0.5) is 13.2 Å². The van der Waals surface area contributed by atoms with E-state index in [4.69, 9.17) is 9.90 Å². The number of benzene rings is 1. The lowest BCUT2D eigenvalue weighted by Crippen LogP contribution is -2.26. The Bertz CT molecular complexity index is 765. The highest BCUT2D eigenvalue weighted by Crippen LogP contribution is 2.26. The first-order valence-corrected chi connectivity index (χ1v) is 7.41. The number of alkyl halides is 3. The molecule has 1 aliphatic heterocycles. The molecule has 5 nitrogen and oxygen atoms in total. The quantitative estimate of drug-likeness (QED) is 0.744. The Morgan fingerprint density at radius 2 is 1.71 bits per heavy atom. The highest BCUT2D eigenvalue weighted by molar-refractivity contribution is 5.79. The maximum Gasteiger partial charge on any atom is 0.490 e. The molecule has 2 aromatic rings. The summed E-state index contributed by atoms with van der Waals surface area (Å²) in [4.78, 5) is 23.1. The summed E-state index contributed by atoms with van der Waals surface area (Å²) < 4.78 is 31.7. The van der Waals surface area contributed by atoms with Crippen molar-refractivity contribution >= 4 is 16.9 Å². The van der Waals surface area contributed by atoms with E-state index in [1.165, 1.54) is 18.4 Å². The Hall–Kier alpha value is -2.35. The van der Waals surface area contributed by atoms with Crippen LogP contribution in [0.3, 0.4) is 0 Å². The molecule has 1 aromatic heterocycles. The molecule has 0 bridgehead atoms. The van der Waals surface area contributed by atoms with Crippen molar-refractivity contribution in [3.63, 3.8) is 0 Å². The minimum Gasteiger partial charge on any atom is -0.475 e. The van der Waals surface area contributed by atoms with Crippen molar-refractivity contribution in [1.29, 1.82) is 0 Å². The number of carbonyl (C=O) groups is 1. The van der Waals surface area contributed by atoms with E-state index in [0.717, 1.165) is 24.0 Å². The number of carboxylic acids is 1. The van der Waals surface area contributed by atoms with Crippen LogP contribution in [0.5, 0.6) is 0 Å². The van der Waals surface area contributed by atoms with Crippen LogP contribution in [0, 0.1) is 0 Å². The van der Waals surface area contributed by atoms with Crippen molar-refractivity contribution in [2.45, 2.75) is 24.9 Å². The van der Waals surface area contributed by atoms with Gasteiger partial charge in [0.25, 0.3) is 0 Å². The second-order valence-electron chi connectivity index (χ2n) is 5.50. The Morgan fingerprint density at radius 1 is 1.12 bits per heavy atom. The van der Waals surface area contributed by atoms with E-state index < -0.39 is 12.1 Å². The molecule has 3 N–H and O–H groups in total. The summed E-state index contributed by atoms with van der Waals surface area (Å²) in [6.45, 7) is 2.18. The van der Waals surface area contributed by atoms with Gasteiger partial charge in [-0.15, -0.1) is 0 Å². The zero-order valence-electron chi connectivity index (χ0n) is 12.7. The fourth-order valence-corrected chi connectivity index (χ4v) is 2.58. The van der Waals surface area contributed by atoms with Crippen LogP contribution in [0.1, 0.15) is 24.3 Å². The largest absolute Gasteiger partial charge is 0.490 e. The van der Waals surface area contributed by atoms with Crippen molar-refractivity contribution in [3.8, 4) is 0 Å². The molecule has 2 heterocycles. The molecule has 0 spiro atoms. The van der Waals surface area contributed by atoms with Gasteiger partial charge in [-0.2, -0.15) is 13.2 Å². The Balaban J connectivity index is 0.000000256. The van der Waals surface area contributed by atoms with E-state index in [9.17, 15) is 18.0 Å². The summed E-state index contributed by atoms with van der Waals surface area (Å²) in [6.07, 6.45) is -2.72. The van der Waals surface area contributed by atoms with Crippen LogP contribution in [0.25, 0.3) is 10.9 Å². The number of aromatic amines is 1. The van der Waals surface area contributed by atoms with Crippen LogP contribution >= 0.6 is 0 Å². The summed E-state index contributed by atoms with van der Waals surface area (Å²) in [6, 6.07) is 9.87. The zero-order chi connectivity index (χ0) is 17.7. The molecule has 3 rings (SSSR count). The van der Waals surface area contributed by atoms with E-state index >= 15 is 0 Å². The summed E-state index contributed by atoms with van der Waals surface area (Å²) in [5.74, 6) is -2.13. The molecule has 1 saturated heterocycles. The minimum absolute atomic E-state index is 0.0278. The SMILES string of the molecule is O=C(O)C(F)(F)F.O=c1ccc2ccc(C3CCNCC3)cc2[nH]1. The number of rotatable bonds is 1. The van der Waals surface area contributed by atoms with Gasteiger partial charge < -0.3 is 15.4 Å². The van der Waals surface area contributed by atoms with Crippen LogP contribution in [0.15, 0.2) is 35.1 Å². The van der Waals surface area contributed by atoms with Gasteiger partial charge in [-0.3, -0.25) is 4.79 Å². The third-order valence-corrected chi connectivity index (χ3v) is 3.80. The minimum atomic E-state index is -5.08. The fourth-order valence-electron chi connectivity index (χ4n) is 2.58. The molecular formula is C16H17F3N2O3. The molecule has 1 aliphatic rings. The first kappa shape index (κ1) is 18.0. The molecule has 0 atom stereocenters. The predicted octanol–water partition coefficient (Wildman–Crippen LogP) is 2.63. The Kier molecular flexibility index (Phi) is 5.61. The number of nitrogens with one attached hydrogen (secondary N) is 2. The lowest BCUT2D eigenvalue weighted by Gasteiger charge is -2.23. The molecule has 1 aromatic carbocycles. The average Bonchev–Trinajstić information content (AvgIpc) is 2.54. The van der Waals surface area contributed by atoms with Gasteiger partial charge in [-0.05, 0) is 54.9 Å². The van der Waals surface area contributed by atoms with Gasteiger partial charge in [-0.25, -0.2) is 4.79 Å². The second-order valence-corrected chi connectivity index (χ2v) is 5.50. The molecule has 24 heavy (non-hydrogen) atoms. The number of aliphatic carboxylic acids is 1. The van der Waals surface area contributed by atoms with E-state index in [0.29, 0.717) is 5.92 Å². The van der Waals surface area contributed by atoms with E-state index in [1.54, 1.807) is 6.07 Å². The van der Waals surface area contributed by atoms with Gasteiger partial charge in [0.1, 0.15) is 0 Å². The van der Waals surface area contributed by atoms with Gasteiger partial charge in [0.15, 0.2) is 0 Å². The fraction of sp³-hybridized carbons (Fsp3) is 0.375. The maximum absolute atomic E-state index is 11.3.